The van der Waals surface area contributed by atoms with Crippen LogP contribution in [0, 0.1) is 0 Å². The van der Waals surface area contributed by atoms with Crippen molar-refractivity contribution in [3.05, 3.63) is 33.6 Å². The third-order valence-electron chi connectivity index (χ3n) is 2.20. The Morgan fingerprint density at radius 2 is 2.05 bits per heavy atom. The van der Waals surface area contributed by atoms with Crippen LogP contribution in [-0.4, -0.2) is 21.5 Å². The minimum atomic E-state index is 0.816. The molecular formula is C12H12Br2N4S. The molecule has 0 aliphatic carbocycles. The number of pyridine rings is 1. The van der Waals surface area contributed by atoms with Crippen LogP contribution in [0.5, 0.6) is 0 Å². The highest BCUT2D eigenvalue weighted by Crippen LogP contribution is 2.34. The van der Waals surface area contributed by atoms with Crippen LogP contribution < -0.4 is 5.32 Å². The Bertz CT molecular complexity index is 548. The predicted molar refractivity (Wildman–Crippen MR) is 84.6 cm³/mol. The lowest BCUT2D eigenvalue weighted by molar-refractivity contribution is 0.945. The zero-order chi connectivity index (χ0) is 13.7. The summed E-state index contributed by atoms with van der Waals surface area (Å²) < 4.78 is 1.84. The molecule has 19 heavy (non-hydrogen) atoms. The van der Waals surface area contributed by atoms with Crippen LogP contribution in [0.25, 0.3) is 0 Å². The molecule has 0 atom stereocenters. The summed E-state index contributed by atoms with van der Waals surface area (Å²) in [6, 6.07) is 3.91. The molecule has 7 heteroatoms. The first-order valence-corrected chi connectivity index (χ1v) is 8.14. The van der Waals surface area contributed by atoms with Gasteiger partial charge in [0.25, 0.3) is 0 Å². The first-order valence-electron chi connectivity index (χ1n) is 5.74. The molecule has 0 amide bonds. The van der Waals surface area contributed by atoms with E-state index < -0.39 is 0 Å². The quantitative estimate of drug-likeness (QED) is 0.751. The number of nitrogens with zero attached hydrogens (tertiary/aromatic N) is 3. The molecule has 0 aliphatic heterocycles. The molecule has 4 nitrogen and oxygen atoms in total. The van der Waals surface area contributed by atoms with Gasteiger partial charge in [-0.05, 0) is 62.2 Å². The number of halogens is 2. The highest BCUT2D eigenvalue weighted by atomic mass is 79.9. The molecule has 0 radical (unpaired) electrons. The average molecular weight is 404 g/mol. The molecule has 0 aromatic carbocycles. The van der Waals surface area contributed by atoms with Gasteiger partial charge in [0, 0.05) is 17.2 Å². The summed E-state index contributed by atoms with van der Waals surface area (Å²) in [7, 11) is 0. The molecule has 1 N–H and O–H groups in total. The summed E-state index contributed by atoms with van der Waals surface area (Å²) in [4.78, 5) is 12.8. The van der Waals surface area contributed by atoms with Crippen molar-refractivity contribution in [1.82, 2.24) is 15.0 Å². The van der Waals surface area contributed by atoms with E-state index in [2.05, 4.69) is 59.1 Å². The van der Waals surface area contributed by atoms with Crippen molar-refractivity contribution in [1.29, 1.82) is 0 Å². The van der Waals surface area contributed by atoms with Gasteiger partial charge in [0.1, 0.15) is 22.2 Å². The lowest BCUT2D eigenvalue weighted by Gasteiger charge is -2.08. The van der Waals surface area contributed by atoms with Gasteiger partial charge in [-0.1, -0.05) is 6.92 Å². The number of nitrogens with one attached hydrogen (secondary N) is 1. The van der Waals surface area contributed by atoms with Crippen LogP contribution in [-0.2, 0) is 0 Å². The number of hydrogen-bond donors (Lipinski definition) is 1. The zero-order valence-electron chi connectivity index (χ0n) is 10.2. The normalized spacial score (nSPS) is 10.5. The molecule has 0 aliphatic rings. The highest BCUT2D eigenvalue weighted by molar-refractivity contribution is 9.10. The van der Waals surface area contributed by atoms with E-state index in [9.17, 15) is 0 Å². The minimum absolute atomic E-state index is 0.816. The maximum Gasteiger partial charge on any atom is 0.144 e. The molecule has 2 aromatic rings. The summed E-state index contributed by atoms with van der Waals surface area (Å²) in [5.41, 5.74) is 0. The van der Waals surface area contributed by atoms with E-state index in [0.29, 0.717) is 0 Å². The fourth-order valence-corrected chi connectivity index (χ4v) is 2.86. The van der Waals surface area contributed by atoms with Crippen LogP contribution in [0.4, 0.5) is 5.82 Å². The Labute approximate surface area is 133 Å². The second kappa shape index (κ2) is 7.21. The monoisotopic (exact) mass is 402 g/mol. The fraction of sp³-hybridized carbons (Fsp3) is 0.250. The minimum Gasteiger partial charge on any atom is -0.369 e. The van der Waals surface area contributed by atoms with Crippen molar-refractivity contribution < 1.29 is 0 Å². The number of rotatable bonds is 5. The zero-order valence-corrected chi connectivity index (χ0v) is 14.2. The Balaban J connectivity index is 2.18. The second-order valence-corrected chi connectivity index (χ2v) is 6.40. The number of anilines is 1. The molecule has 2 rings (SSSR count). The SMILES string of the molecule is CCCNc1ncnc(Sc2ccc(Br)cn2)c1Br. The Hall–Kier alpha value is -0.660. The van der Waals surface area contributed by atoms with Crippen molar-refractivity contribution in [3.63, 3.8) is 0 Å². The number of hydrogen-bond acceptors (Lipinski definition) is 5. The number of aromatic nitrogens is 3. The van der Waals surface area contributed by atoms with Crippen molar-refractivity contribution in [2.45, 2.75) is 23.4 Å². The van der Waals surface area contributed by atoms with Crippen LogP contribution in [0.1, 0.15) is 13.3 Å². The lowest BCUT2D eigenvalue weighted by Crippen LogP contribution is -2.03. The summed E-state index contributed by atoms with van der Waals surface area (Å²) in [5, 5.41) is 5.00. The molecule has 2 heterocycles. The van der Waals surface area contributed by atoms with Crippen LogP contribution in [0.15, 0.2) is 43.7 Å². The van der Waals surface area contributed by atoms with E-state index in [4.69, 9.17) is 0 Å². The van der Waals surface area contributed by atoms with E-state index in [-0.39, 0.29) is 0 Å². The molecule has 100 valence electrons. The van der Waals surface area contributed by atoms with Crippen molar-refractivity contribution in [3.8, 4) is 0 Å². The molecule has 0 fully saturated rings. The molecule has 0 saturated carbocycles. The largest absolute Gasteiger partial charge is 0.369 e. The maximum absolute atomic E-state index is 4.32. The van der Waals surface area contributed by atoms with Gasteiger partial charge < -0.3 is 5.32 Å². The molecule has 2 aromatic heterocycles. The van der Waals surface area contributed by atoms with Crippen LogP contribution in [0.2, 0.25) is 0 Å². The Morgan fingerprint density at radius 1 is 1.21 bits per heavy atom. The second-order valence-electron chi connectivity index (χ2n) is 3.68. The lowest BCUT2D eigenvalue weighted by atomic mass is 10.4. The Morgan fingerprint density at radius 3 is 2.74 bits per heavy atom. The summed E-state index contributed by atoms with van der Waals surface area (Å²) in [6.45, 7) is 3.00. The van der Waals surface area contributed by atoms with Gasteiger partial charge in [-0.3, -0.25) is 0 Å². The smallest absolute Gasteiger partial charge is 0.144 e. The van der Waals surface area contributed by atoms with Crippen LogP contribution >= 0.6 is 43.6 Å². The molecule has 0 unspecified atom stereocenters. The van der Waals surface area contributed by atoms with Crippen LogP contribution in [0.3, 0.4) is 0 Å². The van der Waals surface area contributed by atoms with Gasteiger partial charge in [-0.15, -0.1) is 0 Å². The van der Waals surface area contributed by atoms with E-state index in [1.165, 1.54) is 11.8 Å². The van der Waals surface area contributed by atoms with Crippen molar-refractivity contribution in [2.24, 2.45) is 0 Å². The third kappa shape index (κ3) is 4.15. The fourth-order valence-electron chi connectivity index (χ4n) is 1.31. The third-order valence-corrected chi connectivity index (χ3v) is 4.64. The van der Waals surface area contributed by atoms with E-state index in [1.54, 1.807) is 12.5 Å². The van der Waals surface area contributed by atoms with Gasteiger partial charge in [0.05, 0.1) is 4.47 Å². The predicted octanol–water partition coefficient (Wildman–Crippen LogP) is 4.37. The molecule has 0 bridgehead atoms. The van der Waals surface area contributed by atoms with E-state index in [1.807, 2.05) is 12.1 Å². The summed E-state index contributed by atoms with van der Waals surface area (Å²) in [5.74, 6) is 0.816. The van der Waals surface area contributed by atoms with E-state index >= 15 is 0 Å². The van der Waals surface area contributed by atoms with Gasteiger partial charge in [-0.25, -0.2) is 15.0 Å². The Kier molecular flexibility index (Phi) is 5.59. The molecule has 0 spiro atoms. The average Bonchev–Trinajstić information content (AvgIpc) is 2.42. The topological polar surface area (TPSA) is 50.7 Å². The highest BCUT2D eigenvalue weighted by Gasteiger charge is 2.10. The van der Waals surface area contributed by atoms with Crippen molar-refractivity contribution >= 4 is 49.4 Å². The first kappa shape index (κ1) is 14.7. The maximum atomic E-state index is 4.32. The van der Waals surface area contributed by atoms with Gasteiger partial charge >= 0.3 is 0 Å². The first-order chi connectivity index (χ1) is 9.20. The van der Waals surface area contributed by atoms with Gasteiger partial charge in [0.15, 0.2) is 0 Å². The summed E-state index contributed by atoms with van der Waals surface area (Å²) >= 11 is 8.41. The van der Waals surface area contributed by atoms with Gasteiger partial charge in [-0.2, -0.15) is 0 Å². The van der Waals surface area contributed by atoms with E-state index in [0.717, 1.165) is 37.8 Å². The molecule has 0 saturated heterocycles. The standard InChI is InChI=1S/C12H12Br2N4S/c1-2-5-15-11-10(14)12(18-7-17-11)19-9-4-3-8(13)6-16-9/h3-4,6-7H,2,5H2,1H3,(H,15,17,18). The summed E-state index contributed by atoms with van der Waals surface area (Å²) in [6.07, 6.45) is 4.38. The molecular weight excluding hydrogens is 392 g/mol. The van der Waals surface area contributed by atoms with Gasteiger partial charge in [0.2, 0.25) is 0 Å². The van der Waals surface area contributed by atoms with Crippen molar-refractivity contribution in [2.75, 3.05) is 11.9 Å².